The maximum Gasteiger partial charge on any atom is 0.137 e. The van der Waals surface area contributed by atoms with Crippen LogP contribution >= 0.6 is 11.6 Å². The fraction of sp³-hybridized carbons (Fsp3) is 0.571. The maximum atomic E-state index is 6.21. The molecular weight excluding hydrogens is 248 g/mol. The summed E-state index contributed by atoms with van der Waals surface area (Å²) in [5, 5.41) is 4.17. The third-order valence-corrected chi connectivity index (χ3v) is 3.26. The number of hydrogen-bond acceptors (Lipinski definition) is 3. The number of rotatable bonds is 7. The van der Waals surface area contributed by atoms with E-state index in [2.05, 4.69) is 16.3 Å². The molecule has 1 N–H and O–H groups in total. The van der Waals surface area contributed by atoms with Gasteiger partial charge in [0.05, 0.1) is 5.02 Å². The molecule has 2 rings (SSSR count). The second-order valence-corrected chi connectivity index (χ2v) is 5.48. The zero-order valence-corrected chi connectivity index (χ0v) is 11.8. The van der Waals surface area contributed by atoms with Gasteiger partial charge in [-0.25, -0.2) is 0 Å². The van der Waals surface area contributed by atoms with Gasteiger partial charge >= 0.3 is 0 Å². The van der Waals surface area contributed by atoms with E-state index >= 15 is 0 Å². The van der Waals surface area contributed by atoms with Gasteiger partial charge in [-0.2, -0.15) is 0 Å². The number of nitrogens with zero attached hydrogens (tertiary/aromatic N) is 1. The van der Waals surface area contributed by atoms with Crippen LogP contribution in [0.3, 0.4) is 0 Å². The van der Waals surface area contributed by atoms with Crippen molar-refractivity contribution in [1.29, 1.82) is 0 Å². The average Bonchev–Trinajstić information content (AvgIpc) is 3.12. The molecule has 1 aliphatic carbocycles. The fourth-order valence-corrected chi connectivity index (χ4v) is 1.92. The SMILES string of the molecule is CN(C)CCOc1ccc(CNC2CC2)cc1Cl. The van der Waals surface area contributed by atoms with E-state index in [4.69, 9.17) is 16.3 Å². The molecule has 0 saturated heterocycles. The highest BCUT2D eigenvalue weighted by molar-refractivity contribution is 6.32. The molecule has 0 unspecified atom stereocenters. The van der Waals surface area contributed by atoms with Crippen molar-refractivity contribution in [2.45, 2.75) is 25.4 Å². The Hall–Kier alpha value is -0.770. The van der Waals surface area contributed by atoms with Crippen LogP contribution in [0.1, 0.15) is 18.4 Å². The van der Waals surface area contributed by atoms with Crippen molar-refractivity contribution in [3.8, 4) is 5.75 Å². The Morgan fingerprint density at radius 2 is 2.17 bits per heavy atom. The van der Waals surface area contributed by atoms with Gasteiger partial charge in [-0.05, 0) is 44.6 Å². The lowest BCUT2D eigenvalue weighted by Gasteiger charge is -2.12. The first kappa shape index (κ1) is 13.7. The number of hydrogen-bond donors (Lipinski definition) is 1. The molecule has 1 fully saturated rings. The fourth-order valence-electron chi connectivity index (χ4n) is 1.66. The molecule has 3 nitrogen and oxygen atoms in total. The standard InChI is InChI=1S/C14H21ClN2O/c1-17(2)7-8-18-14-6-3-11(9-13(14)15)10-16-12-4-5-12/h3,6,9,12,16H,4-5,7-8,10H2,1-2H3. The Labute approximate surface area is 114 Å². The predicted molar refractivity (Wildman–Crippen MR) is 75.4 cm³/mol. The monoisotopic (exact) mass is 268 g/mol. The molecule has 18 heavy (non-hydrogen) atoms. The zero-order valence-electron chi connectivity index (χ0n) is 11.1. The van der Waals surface area contributed by atoms with Gasteiger partial charge in [0.1, 0.15) is 12.4 Å². The van der Waals surface area contributed by atoms with E-state index in [1.807, 2.05) is 26.2 Å². The topological polar surface area (TPSA) is 24.5 Å². The van der Waals surface area contributed by atoms with Crippen LogP contribution in [0.4, 0.5) is 0 Å². The van der Waals surface area contributed by atoms with Crippen molar-refractivity contribution >= 4 is 11.6 Å². The molecule has 0 aliphatic heterocycles. The molecule has 0 radical (unpaired) electrons. The lowest BCUT2D eigenvalue weighted by Crippen LogP contribution is -2.19. The minimum atomic E-state index is 0.659. The second-order valence-electron chi connectivity index (χ2n) is 5.07. The molecule has 0 amide bonds. The lowest BCUT2D eigenvalue weighted by atomic mass is 10.2. The molecule has 0 atom stereocenters. The summed E-state index contributed by atoms with van der Waals surface area (Å²) < 4.78 is 5.65. The number of benzene rings is 1. The van der Waals surface area contributed by atoms with E-state index in [0.29, 0.717) is 11.6 Å². The summed E-state index contributed by atoms with van der Waals surface area (Å²) in [6.07, 6.45) is 2.61. The maximum absolute atomic E-state index is 6.21. The molecule has 0 heterocycles. The summed E-state index contributed by atoms with van der Waals surface area (Å²) >= 11 is 6.21. The Balaban J connectivity index is 1.83. The molecule has 1 aromatic carbocycles. The summed E-state index contributed by atoms with van der Waals surface area (Å²) in [5.74, 6) is 0.772. The number of likely N-dealkylation sites (N-methyl/N-ethyl adjacent to an activating group) is 1. The number of ether oxygens (including phenoxy) is 1. The zero-order chi connectivity index (χ0) is 13.0. The van der Waals surface area contributed by atoms with Crippen molar-refractivity contribution < 1.29 is 4.74 Å². The van der Waals surface area contributed by atoms with Gasteiger partial charge in [0, 0.05) is 19.1 Å². The minimum Gasteiger partial charge on any atom is -0.491 e. The van der Waals surface area contributed by atoms with Crippen LogP contribution in [0.25, 0.3) is 0 Å². The predicted octanol–water partition coefficient (Wildman–Crippen LogP) is 2.53. The smallest absolute Gasteiger partial charge is 0.137 e. The van der Waals surface area contributed by atoms with Gasteiger partial charge in [-0.1, -0.05) is 17.7 Å². The van der Waals surface area contributed by atoms with Crippen molar-refractivity contribution in [3.05, 3.63) is 28.8 Å². The third-order valence-electron chi connectivity index (χ3n) is 2.96. The lowest BCUT2D eigenvalue weighted by molar-refractivity contribution is 0.261. The molecule has 0 bridgehead atoms. The van der Waals surface area contributed by atoms with Gasteiger partial charge in [0.25, 0.3) is 0 Å². The van der Waals surface area contributed by atoms with Crippen molar-refractivity contribution in [3.63, 3.8) is 0 Å². The van der Waals surface area contributed by atoms with E-state index in [-0.39, 0.29) is 0 Å². The molecule has 0 spiro atoms. The minimum absolute atomic E-state index is 0.659. The highest BCUT2D eigenvalue weighted by atomic mass is 35.5. The molecule has 4 heteroatoms. The molecule has 1 aliphatic rings. The van der Waals surface area contributed by atoms with Crippen LogP contribution in [0.15, 0.2) is 18.2 Å². The number of halogens is 1. The highest BCUT2D eigenvalue weighted by Crippen LogP contribution is 2.26. The van der Waals surface area contributed by atoms with Gasteiger partial charge in [-0.15, -0.1) is 0 Å². The highest BCUT2D eigenvalue weighted by Gasteiger charge is 2.19. The molecule has 100 valence electrons. The van der Waals surface area contributed by atoms with Gasteiger partial charge < -0.3 is 15.0 Å². The Kier molecular flexibility index (Phi) is 4.87. The molecule has 1 aromatic rings. The van der Waals surface area contributed by atoms with Gasteiger partial charge in [0.2, 0.25) is 0 Å². The molecule has 0 aromatic heterocycles. The summed E-state index contributed by atoms with van der Waals surface area (Å²) in [4.78, 5) is 2.09. The summed E-state index contributed by atoms with van der Waals surface area (Å²) in [5.41, 5.74) is 1.21. The van der Waals surface area contributed by atoms with Crippen LogP contribution in [-0.2, 0) is 6.54 Å². The average molecular weight is 269 g/mol. The Bertz CT molecular complexity index is 391. The van der Waals surface area contributed by atoms with Crippen LogP contribution in [-0.4, -0.2) is 38.2 Å². The molecule has 1 saturated carbocycles. The van der Waals surface area contributed by atoms with Crippen LogP contribution in [0.2, 0.25) is 5.02 Å². The van der Waals surface area contributed by atoms with Crippen LogP contribution < -0.4 is 10.1 Å². The second kappa shape index (κ2) is 6.41. The van der Waals surface area contributed by atoms with E-state index in [0.717, 1.165) is 24.9 Å². The van der Waals surface area contributed by atoms with Crippen LogP contribution in [0.5, 0.6) is 5.75 Å². The van der Waals surface area contributed by atoms with E-state index in [9.17, 15) is 0 Å². The quantitative estimate of drug-likeness (QED) is 0.823. The summed E-state index contributed by atoms with van der Waals surface area (Å²) in [6, 6.07) is 6.75. The van der Waals surface area contributed by atoms with Gasteiger partial charge in [-0.3, -0.25) is 0 Å². The first-order valence-electron chi connectivity index (χ1n) is 6.44. The Morgan fingerprint density at radius 3 is 2.78 bits per heavy atom. The third kappa shape index (κ3) is 4.48. The van der Waals surface area contributed by atoms with E-state index in [1.165, 1.54) is 18.4 Å². The largest absolute Gasteiger partial charge is 0.491 e. The van der Waals surface area contributed by atoms with E-state index in [1.54, 1.807) is 0 Å². The van der Waals surface area contributed by atoms with Crippen molar-refractivity contribution in [2.75, 3.05) is 27.2 Å². The van der Waals surface area contributed by atoms with Crippen molar-refractivity contribution in [2.24, 2.45) is 0 Å². The summed E-state index contributed by atoms with van der Waals surface area (Å²) in [7, 11) is 4.05. The first-order valence-corrected chi connectivity index (χ1v) is 6.82. The summed E-state index contributed by atoms with van der Waals surface area (Å²) in [6.45, 7) is 2.44. The van der Waals surface area contributed by atoms with Gasteiger partial charge in [0.15, 0.2) is 0 Å². The van der Waals surface area contributed by atoms with E-state index < -0.39 is 0 Å². The van der Waals surface area contributed by atoms with Crippen LogP contribution in [0, 0.1) is 0 Å². The van der Waals surface area contributed by atoms with Crippen molar-refractivity contribution in [1.82, 2.24) is 10.2 Å². The Morgan fingerprint density at radius 1 is 1.39 bits per heavy atom. The normalized spacial score (nSPS) is 15.1. The number of nitrogens with one attached hydrogen (secondary N) is 1. The first-order chi connectivity index (χ1) is 8.65. The molecular formula is C14H21ClN2O.